The number of ether oxygens (including phenoxy) is 1. The Morgan fingerprint density at radius 1 is 1.25 bits per heavy atom. The van der Waals surface area contributed by atoms with Gasteiger partial charge in [-0.15, -0.1) is 0 Å². The maximum absolute atomic E-state index is 5.98. The third-order valence-corrected chi connectivity index (χ3v) is 4.39. The highest BCUT2D eigenvalue weighted by atomic mass is 35.5. The molecule has 3 aromatic heterocycles. The van der Waals surface area contributed by atoms with Crippen molar-refractivity contribution in [3.8, 4) is 5.75 Å². The Balaban J connectivity index is 1.32. The van der Waals surface area contributed by atoms with E-state index < -0.39 is 0 Å². The molecule has 4 rings (SSSR count). The number of halogens is 1. The highest BCUT2D eigenvalue weighted by Crippen LogP contribution is 2.21. The lowest BCUT2D eigenvalue weighted by atomic mass is 10.1. The molecule has 1 saturated heterocycles. The van der Waals surface area contributed by atoms with E-state index in [2.05, 4.69) is 19.9 Å². The summed E-state index contributed by atoms with van der Waals surface area (Å²) in [5, 5.41) is 0.602. The molecule has 0 spiro atoms. The fourth-order valence-electron chi connectivity index (χ4n) is 3.02. The van der Waals surface area contributed by atoms with Gasteiger partial charge in [0.15, 0.2) is 0 Å². The van der Waals surface area contributed by atoms with Gasteiger partial charge in [0.1, 0.15) is 11.9 Å². The van der Waals surface area contributed by atoms with Gasteiger partial charge in [0, 0.05) is 50.5 Å². The summed E-state index contributed by atoms with van der Waals surface area (Å²) in [7, 11) is 0. The maximum Gasteiger partial charge on any atom is 0.233 e. The first-order valence-electron chi connectivity index (χ1n) is 8.04. The number of hydrogen-bond donors (Lipinski definition) is 0. The van der Waals surface area contributed by atoms with E-state index in [0.717, 1.165) is 49.7 Å². The molecule has 1 aliphatic heterocycles. The third kappa shape index (κ3) is 3.49. The van der Waals surface area contributed by atoms with Crippen LogP contribution in [-0.4, -0.2) is 43.4 Å². The van der Waals surface area contributed by atoms with E-state index in [1.54, 1.807) is 18.6 Å². The van der Waals surface area contributed by atoms with E-state index >= 15 is 0 Å². The first-order chi connectivity index (χ1) is 11.8. The van der Waals surface area contributed by atoms with Crippen LogP contribution in [0, 0.1) is 0 Å². The predicted molar refractivity (Wildman–Crippen MR) is 91.2 cm³/mol. The van der Waals surface area contributed by atoms with Crippen molar-refractivity contribution in [3.05, 3.63) is 53.8 Å². The van der Waals surface area contributed by atoms with Crippen LogP contribution < -0.4 is 4.74 Å². The van der Waals surface area contributed by atoms with Crippen LogP contribution in [0.1, 0.15) is 18.5 Å². The van der Waals surface area contributed by atoms with Gasteiger partial charge in [0.25, 0.3) is 0 Å². The Hall–Kier alpha value is -2.18. The van der Waals surface area contributed by atoms with Crippen LogP contribution in [0.25, 0.3) is 5.78 Å². The number of rotatable bonds is 4. The number of piperidine rings is 1. The van der Waals surface area contributed by atoms with E-state index in [4.69, 9.17) is 16.3 Å². The van der Waals surface area contributed by atoms with Crippen LogP contribution in [0.3, 0.4) is 0 Å². The van der Waals surface area contributed by atoms with E-state index in [-0.39, 0.29) is 6.10 Å². The first-order valence-corrected chi connectivity index (χ1v) is 8.42. The minimum absolute atomic E-state index is 0.212. The maximum atomic E-state index is 5.98. The number of nitrogens with zero attached hydrogens (tertiary/aromatic N) is 5. The van der Waals surface area contributed by atoms with Crippen LogP contribution >= 0.6 is 11.6 Å². The van der Waals surface area contributed by atoms with E-state index in [0.29, 0.717) is 5.02 Å². The second-order valence-corrected chi connectivity index (χ2v) is 6.43. The second-order valence-electron chi connectivity index (χ2n) is 5.99. The molecule has 0 bridgehead atoms. The molecule has 7 heteroatoms. The normalized spacial score (nSPS) is 16.5. The molecule has 24 heavy (non-hydrogen) atoms. The highest BCUT2D eigenvalue weighted by Gasteiger charge is 2.21. The topological polar surface area (TPSA) is 55.5 Å². The molecule has 124 valence electrons. The zero-order valence-electron chi connectivity index (χ0n) is 13.2. The summed E-state index contributed by atoms with van der Waals surface area (Å²) in [6.45, 7) is 2.81. The molecule has 0 aromatic carbocycles. The number of fused-ring (bicyclic) bond motifs is 1. The fraction of sp³-hybridized carbons (Fsp3) is 0.353. The van der Waals surface area contributed by atoms with Gasteiger partial charge in [0.2, 0.25) is 5.78 Å². The fourth-order valence-corrected chi connectivity index (χ4v) is 3.18. The van der Waals surface area contributed by atoms with Crippen molar-refractivity contribution in [3.63, 3.8) is 0 Å². The van der Waals surface area contributed by atoms with Crippen molar-refractivity contribution >= 4 is 17.4 Å². The minimum Gasteiger partial charge on any atom is -0.489 e. The largest absolute Gasteiger partial charge is 0.489 e. The monoisotopic (exact) mass is 343 g/mol. The van der Waals surface area contributed by atoms with Gasteiger partial charge in [0.05, 0.1) is 16.9 Å². The van der Waals surface area contributed by atoms with Crippen LogP contribution in [-0.2, 0) is 6.54 Å². The van der Waals surface area contributed by atoms with Crippen molar-refractivity contribution in [1.82, 2.24) is 24.3 Å². The molecular weight excluding hydrogens is 326 g/mol. The summed E-state index contributed by atoms with van der Waals surface area (Å²) < 4.78 is 7.94. The number of likely N-dealkylation sites (tertiary alicyclic amines) is 1. The minimum atomic E-state index is 0.212. The summed E-state index contributed by atoms with van der Waals surface area (Å²) in [4.78, 5) is 15.3. The van der Waals surface area contributed by atoms with Crippen LogP contribution in [0.4, 0.5) is 0 Å². The number of hydrogen-bond acceptors (Lipinski definition) is 5. The molecule has 0 radical (unpaired) electrons. The van der Waals surface area contributed by atoms with Crippen LogP contribution in [0.15, 0.2) is 43.1 Å². The quantitative estimate of drug-likeness (QED) is 0.729. The first kappa shape index (κ1) is 15.4. The van der Waals surface area contributed by atoms with Gasteiger partial charge >= 0.3 is 0 Å². The Labute approximate surface area is 145 Å². The SMILES string of the molecule is Clc1cncc(OC2CCN(Cc3cn4cccnc4n3)CC2)c1. The molecule has 1 fully saturated rings. The van der Waals surface area contributed by atoms with Crippen molar-refractivity contribution in [2.75, 3.05) is 13.1 Å². The number of aromatic nitrogens is 4. The zero-order valence-corrected chi connectivity index (χ0v) is 13.9. The van der Waals surface area contributed by atoms with Crippen molar-refractivity contribution in [2.24, 2.45) is 0 Å². The lowest BCUT2D eigenvalue weighted by Crippen LogP contribution is -2.37. The van der Waals surface area contributed by atoms with Crippen molar-refractivity contribution in [1.29, 1.82) is 0 Å². The Kier molecular flexibility index (Phi) is 4.32. The molecule has 0 unspecified atom stereocenters. The average molecular weight is 344 g/mol. The standard InChI is InChI=1S/C17H18ClN5O/c18-13-8-16(10-19-9-13)24-15-2-6-22(7-3-15)11-14-12-23-5-1-4-20-17(23)21-14/h1,4-5,8-10,12,15H,2-3,6-7,11H2. The second kappa shape index (κ2) is 6.75. The van der Waals surface area contributed by atoms with E-state index in [1.807, 2.05) is 28.9 Å². The molecule has 0 N–H and O–H groups in total. The van der Waals surface area contributed by atoms with Gasteiger partial charge in [-0.25, -0.2) is 9.97 Å². The summed E-state index contributed by atoms with van der Waals surface area (Å²) in [6.07, 6.45) is 11.3. The van der Waals surface area contributed by atoms with Crippen LogP contribution in [0.5, 0.6) is 5.75 Å². The Bertz CT molecular complexity index is 795. The molecular formula is C17H18ClN5O. The van der Waals surface area contributed by atoms with E-state index in [9.17, 15) is 0 Å². The third-order valence-electron chi connectivity index (χ3n) is 4.19. The van der Waals surface area contributed by atoms with Gasteiger partial charge in [-0.1, -0.05) is 11.6 Å². The van der Waals surface area contributed by atoms with Gasteiger partial charge < -0.3 is 4.74 Å². The average Bonchev–Trinajstić information content (AvgIpc) is 2.99. The molecule has 6 nitrogen and oxygen atoms in total. The molecule has 0 atom stereocenters. The smallest absolute Gasteiger partial charge is 0.233 e. The van der Waals surface area contributed by atoms with Gasteiger partial charge in [-0.2, -0.15) is 0 Å². The Morgan fingerprint density at radius 3 is 2.92 bits per heavy atom. The molecule has 1 aliphatic rings. The Morgan fingerprint density at radius 2 is 2.12 bits per heavy atom. The summed E-state index contributed by atoms with van der Waals surface area (Å²) in [5.41, 5.74) is 1.05. The predicted octanol–water partition coefficient (Wildman–Crippen LogP) is 2.82. The van der Waals surface area contributed by atoms with Crippen LogP contribution in [0.2, 0.25) is 5.02 Å². The molecule has 0 aliphatic carbocycles. The summed E-state index contributed by atoms with van der Waals surface area (Å²) in [6, 6.07) is 3.72. The summed E-state index contributed by atoms with van der Waals surface area (Å²) >= 11 is 5.94. The van der Waals surface area contributed by atoms with Gasteiger partial charge in [-0.05, 0) is 18.9 Å². The molecule has 0 amide bonds. The number of pyridine rings is 1. The lowest BCUT2D eigenvalue weighted by Gasteiger charge is -2.31. The van der Waals surface area contributed by atoms with Crippen molar-refractivity contribution < 1.29 is 4.74 Å². The highest BCUT2D eigenvalue weighted by molar-refractivity contribution is 6.30. The lowest BCUT2D eigenvalue weighted by molar-refractivity contribution is 0.0959. The molecule has 0 saturated carbocycles. The zero-order chi connectivity index (χ0) is 16.4. The van der Waals surface area contributed by atoms with Gasteiger partial charge in [-0.3, -0.25) is 14.3 Å². The summed E-state index contributed by atoms with van der Waals surface area (Å²) in [5.74, 6) is 1.49. The van der Waals surface area contributed by atoms with E-state index in [1.165, 1.54) is 0 Å². The number of imidazole rings is 1. The van der Waals surface area contributed by atoms with Crippen molar-refractivity contribution in [2.45, 2.75) is 25.5 Å². The molecule has 3 aromatic rings. The molecule has 4 heterocycles.